The summed E-state index contributed by atoms with van der Waals surface area (Å²) in [5, 5.41) is 11.8. The van der Waals surface area contributed by atoms with Crippen LogP contribution < -0.4 is 0 Å². The molecule has 0 aliphatic rings. The Hall–Kier alpha value is -2.63. The van der Waals surface area contributed by atoms with Crippen molar-refractivity contribution in [1.29, 1.82) is 0 Å². The molecule has 1 amide bonds. The minimum Gasteiger partial charge on any atom is -0.359 e. The first kappa shape index (κ1) is 14.3. The van der Waals surface area contributed by atoms with Gasteiger partial charge >= 0.3 is 0 Å². The van der Waals surface area contributed by atoms with Gasteiger partial charge in [-0.1, -0.05) is 23.7 Å². The number of H-pyrrole nitrogens is 1. The molecule has 22 heavy (non-hydrogen) atoms. The monoisotopic (exact) mass is 298 g/mol. The van der Waals surface area contributed by atoms with E-state index < -0.39 is 0 Å². The molecule has 1 N–H and O–H groups in total. The molecule has 0 radical (unpaired) electrons. The van der Waals surface area contributed by atoms with Crippen LogP contribution in [-0.2, 0) is 13.0 Å². The van der Waals surface area contributed by atoms with E-state index in [-0.39, 0.29) is 5.91 Å². The second kappa shape index (κ2) is 5.63. The number of fused-ring (bicyclic) bond motifs is 1. The highest BCUT2D eigenvalue weighted by atomic mass is 16.5. The van der Waals surface area contributed by atoms with Gasteiger partial charge in [-0.15, -0.1) is 0 Å². The Bertz CT molecular complexity index is 819. The van der Waals surface area contributed by atoms with Gasteiger partial charge in [0, 0.05) is 18.5 Å². The lowest BCUT2D eigenvalue weighted by molar-refractivity contribution is 0.0768. The average Bonchev–Trinajstić information content (AvgIpc) is 3.12. The maximum Gasteiger partial charge on any atom is 0.275 e. The van der Waals surface area contributed by atoms with Crippen LogP contribution in [0.25, 0.3) is 10.9 Å². The Morgan fingerprint density at radius 1 is 1.36 bits per heavy atom. The second-order valence-electron chi connectivity index (χ2n) is 5.42. The summed E-state index contributed by atoms with van der Waals surface area (Å²) in [4.78, 5) is 14.2. The van der Waals surface area contributed by atoms with E-state index in [1.165, 1.54) is 0 Å². The van der Waals surface area contributed by atoms with Crippen LogP contribution in [0.3, 0.4) is 0 Å². The molecule has 0 saturated heterocycles. The molecule has 3 aromatic rings. The fraction of sp³-hybridized carbons (Fsp3) is 0.312. The van der Waals surface area contributed by atoms with Crippen LogP contribution in [0.4, 0.5) is 0 Å². The number of amides is 1. The third kappa shape index (κ3) is 2.59. The molecule has 0 aliphatic carbocycles. The van der Waals surface area contributed by atoms with E-state index in [2.05, 4.69) is 15.4 Å². The predicted octanol–water partition coefficient (Wildman–Crippen LogP) is 2.69. The van der Waals surface area contributed by atoms with Crippen molar-refractivity contribution >= 4 is 16.8 Å². The van der Waals surface area contributed by atoms with Gasteiger partial charge in [0.15, 0.2) is 11.5 Å². The number of hydrogen-bond acceptors (Lipinski definition) is 4. The van der Waals surface area contributed by atoms with Crippen molar-refractivity contribution in [2.45, 2.75) is 26.8 Å². The minimum atomic E-state index is -0.147. The lowest BCUT2D eigenvalue weighted by atomic mass is 10.1. The third-order valence-electron chi connectivity index (χ3n) is 3.63. The smallest absolute Gasteiger partial charge is 0.275 e. The van der Waals surface area contributed by atoms with Gasteiger partial charge in [0.2, 0.25) is 0 Å². The molecule has 3 rings (SSSR count). The standard InChI is InChI=1S/C16H18N4O2/c1-4-11-8-12(22-19-11)9-20(3)16(21)15-13-7-10(2)5-6-14(13)17-18-15/h5-8H,4,9H2,1-3H3,(H,17,18). The van der Waals surface area contributed by atoms with Crippen molar-refractivity contribution in [3.05, 3.63) is 47.0 Å². The summed E-state index contributed by atoms with van der Waals surface area (Å²) in [6.45, 7) is 4.37. The molecule has 0 saturated carbocycles. The van der Waals surface area contributed by atoms with Gasteiger partial charge in [-0.25, -0.2) is 0 Å². The van der Waals surface area contributed by atoms with Gasteiger partial charge in [0.05, 0.1) is 17.8 Å². The van der Waals surface area contributed by atoms with Crippen molar-refractivity contribution in [2.24, 2.45) is 0 Å². The Kier molecular flexibility index (Phi) is 3.66. The minimum absolute atomic E-state index is 0.147. The van der Waals surface area contributed by atoms with E-state index in [0.717, 1.165) is 28.6 Å². The quantitative estimate of drug-likeness (QED) is 0.803. The number of carbonyl (C=O) groups excluding carboxylic acids is 1. The summed E-state index contributed by atoms with van der Waals surface area (Å²) in [6.07, 6.45) is 0.810. The number of hydrogen-bond donors (Lipinski definition) is 1. The second-order valence-corrected chi connectivity index (χ2v) is 5.42. The average molecular weight is 298 g/mol. The third-order valence-corrected chi connectivity index (χ3v) is 3.63. The summed E-state index contributed by atoms with van der Waals surface area (Å²) in [5.74, 6) is 0.523. The molecule has 0 unspecified atom stereocenters. The predicted molar refractivity (Wildman–Crippen MR) is 82.5 cm³/mol. The maximum atomic E-state index is 12.6. The maximum absolute atomic E-state index is 12.6. The van der Waals surface area contributed by atoms with Crippen LogP contribution in [0, 0.1) is 6.92 Å². The molecular weight excluding hydrogens is 280 g/mol. The molecule has 0 aliphatic heterocycles. The molecule has 6 nitrogen and oxygen atoms in total. The number of rotatable bonds is 4. The highest BCUT2D eigenvalue weighted by Crippen LogP contribution is 2.19. The zero-order valence-corrected chi connectivity index (χ0v) is 12.9. The van der Waals surface area contributed by atoms with Crippen molar-refractivity contribution in [1.82, 2.24) is 20.3 Å². The lowest BCUT2D eigenvalue weighted by Crippen LogP contribution is -2.26. The first-order chi connectivity index (χ1) is 10.6. The summed E-state index contributed by atoms with van der Waals surface area (Å²) in [7, 11) is 1.73. The highest BCUT2D eigenvalue weighted by Gasteiger charge is 2.19. The summed E-state index contributed by atoms with van der Waals surface area (Å²) in [5.41, 5.74) is 3.26. The summed E-state index contributed by atoms with van der Waals surface area (Å²) < 4.78 is 5.23. The number of carbonyl (C=O) groups is 1. The van der Waals surface area contributed by atoms with Crippen LogP contribution >= 0.6 is 0 Å². The van der Waals surface area contributed by atoms with E-state index in [9.17, 15) is 4.79 Å². The molecule has 0 bridgehead atoms. The molecule has 114 valence electrons. The van der Waals surface area contributed by atoms with Gasteiger partial charge < -0.3 is 9.42 Å². The van der Waals surface area contributed by atoms with Crippen molar-refractivity contribution in [3.63, 3.8) is 0 Å². The summed E-state index contributed by atoms with van der Waals surface area (Å²) in [6, 6.07) is 7.75. The molecule has 0 fully saturated rings. The van der Waals surface area contributed by atoms with Gasteiger partial charge in [-0.05, 0) is 25.5 Å². The number of aryl methyl sites for hydroxylation is 2. The molecular formula is C16H18N4O2. The fourth-order valence-electron chi connectivity index (χ4n) is 2.37. The van der Waals surface area contributed by atoms with Gasteiger partial charge in [0.25, 0.3) is 5.91 Å². The van der Waals surface area contributed by atoms with E-state index in [0.29, 0.717) is 18.0 Å². The normalized spacial score (nSPS) is 11.0. The highest BCUT2D eigenvalue weighted by molar-refractivity contribution is 6.04. The molecule has 1 aromatic carbocycles. The van der Waals surface area contributed by atoms with Crippen LogP contribution in [-0.4, -0.2) is 33.2 Å². The molecule has 0 atom stereocenters. The van der Waals surface area contributed by atoms with Crippen molar-refractivity contribution < 1.29 is 9.32 Å². The Labute approximate surface area is 128 Å². The number of nitrogens with one attached hydrogen (secondary N) is 1. The van der Waals surface area contributed by atoms with Crippen LogP contribution in [0.15, 0.2) is 28.8 Å². The molecule has 2 aromatic heterocycles. The molecule has 0 spiro atoms. The van der Waals surface area contributed by atoms with Crippen molar-refractivity contribution in [3.8, 4) is 0 Å². The van der Waals surface area contributed by atoms with E-state index in [1.54, 1.807) is 11.9 Å². The lowest BCUT2D eigenvalue weighted by Gasteiger charge is -2.13. The van der Waals surface area contributed by atoms with Crippen LogP contribution in [0.5, 0.6) is 0 Å². The number of aromatic amines is 1. The van der Waals surface area contributed by atoms with Crippen molar-refractivity contribution in [2.75, 3.05) is 7.05 Å². The first-order valence-electron chi connectivity index (χ1n) is 7.23. The van der Waals surface area contributed by atoms with Crippen LogP contribution in [0.2, 0.25) is 0 Å². The largest absolute Gasteiger partial charge is 0.359 e. The first-order valence-corrected chi connectivity index (χ1v) is 7.23. The van der Waals surface area contributed by atoms with Gasteiger partial charge in [-0.3, -0.25) is 9.89 Å². The Morgan fingerprint density at radius 2 is 2.18 bits per heavy atom. The fourth-order valence-corrected chi connectivity index (χ4v) is 2.37. The molecule has 2 heterocycles. The SMILES string of the molecule is CCc1cc(CN(C)C(=O)c2n[nH]c3ccc(C)cc23)on1. The topological polar surface area (TPSA) is 75.0 Å². The number of aromatic nitrogens is 3. The van der Waals surface area contributed by atoms with E-state index in [1.807, 2.05) is 38.1 Å². The zero-order valence-electron chi connectivity index (χ0n) is 12.9. The molecule has 6 heteroatoms. The van der Waals surface area contributed by atoms with E-state index in [4.69, 9.17) is 4.52 Å². The number of nitrogens with zero attached hydrogens (tertiary/aromatic N) is 3. The van der Waals surface area contributed by atoms with E-state index >= 15 is 0 Å². The van der Waals surface area contributed by atoms with Gasteiger partial charge in [-0.2, -0.15) is 5.10 Å². The van der Waals surface area contributed by atoms with Gasteiger partial charge in [0.1, 0.15) is 0 Å². The number of benzene rings is 1. The van der Waals surface area contributed by atoms with Crippen LogP contribution in [0.1, 0.15) is 34.4 Å². The Morgan fingerprint density at radius 3 is 2.91 bits per heavy atom. The zero-order chi connectivity index (χ0) is 15.7. The Balaban J connectivity index is 1.83. The summed E-state index contributed by atoms with van der Waals surface area (Å²) >= 11 is 0.